The van der Waals surface area contributed by atoms with Crippen LogP contribution in [0.5, 0.6) is 0 Å². The predicted molar refractivity (Wildman–Crippen MR) is 103 cm³/mol. The predicted octanol–water partition coefficient (Wildman–Crippen LogP) is 3.75. The molecule has 6 heteroatoms. The third-order valence-electron chi connectivity index (χ3n) is 4.87. The van der Waals surface area contributed by atoms with Gasteiger partial charge in [0.15, 0.2) is 0 Å². The first-order valence-corrected chi connectivity index (χ1v) is 9.28. The molecule has 0 radical (unpaired) electrons. The minimum atomic E-state index is -0.680. The average molecular weight is 381 g/mol. The van der Waals surface area contributed by atoms with Crippen LogP contribution in [0.25, 0.3) is 11.0 Å². The van der Waals surface area contributed by atoms with E-state index in [9.17, 15) is 14.0 Å². The van der Waals surface area contributed by atoms with E-state index in [0.29, 0.717) is 29.7 Å². The highest BCUT2D eigenvalue weighted by Gasteiger charge is 2.26. The largest absolute Gasteiger partial charge is 0.422 e. The topological polar surface area (TPSA) is 59.8 Å². The summed E-state index contributed by atoms with van der Waals surface area (Å²) in [6.07, 6.45) is 1.69. The van der Waals surface area contributed by atoms with Gasteiger partial charge in [0.25, 0.3) is 5.91 Å². The van der Waals surface area contributed by atoms with Crippen molar-refractivity contribution >= 4 is 16.9 Å². The monoisotopic (exact) mass is 381 g/mol. The highest BCUT2D eigenvalue weighted by molar-refractivity contribution is 5.96. The number of rotatable bonds is 5. The molecule has 1 aliphatic heterocycles. The second-order valence-electron chi connectivity index (χ2n) is 6.94. The molecule has 1 amide bonds. The fourth-order valence-corrected chi connectivity index (χ4v) is 3.49. The van der Waals surface area contributed by atoms with Gasteiger partial charge in [0.2, 0.25) is 0 Å². The first kappa shape index (κ1) is 18.4. The number of halogens is 1. The minimum absolute atomic E-state index is 0.0342. The van der Waals surface area contributed by atoms with Gasteiger partial charge in [-0.1, -0.05) is 30.3 Å². The molecule has 144 valence electrons. The maximum Gasteiger partial charge on any atom is 0.349 e. The molecule has 1 atom stereocenters. The van der Waals surface area contributed by atoms with Crippen LogP contribution in [-0.2, 0) is 11.3 Å². The number of hydrogen-bond donors (Lipinski definition) is 0. The lowest BCUT2D eigenvalue weighted by Crippen LogP contribution is -2.38. The minimum Gasteiger partial charge on any atom is -0.422 e. The maximum absolute atomic E-state index is 13.6. The summed E-state index contributed by atoms with van der Waals surface area (Å²) in [6, 6.07) is 14.7. The first-order valence-electron chi connectivity index (χ1n) is 9.28. The van der Waals surface area contributed by atoms with Crippen LogP contribution in [0.15, 0.2) is 63.8 Å². The van der Waals surface area contributed by atoms with Crippen molar-refractivity contribution in [3.05, 3.63) is 82.0 Å². The van der Waals surface area contributed by atoms with E-state index < -0.39 is 11.5 Å². The molecule has 0 saturated carbocycles. The number of carbonyl (C=O) groups excluding carboxylic acids is 1. The van der Waals surface area contributed by atoms with Gasteiger partial charge in [-0.3, -0.25) is 4.79 Å². The second kappa shape index (κ2) is 7.94. The second-order valence-corrected chi connectivity index (χ2v) is 6.94. The molecular formula is C22H20FNO4. The van der Waals surface area contributed by atoms with Crippen LogP contribution < -0.4 is 5.63 Å². The van der Waals surface area contributed by atoms with Crippen molar-refractivity contribution in [2.45, 2.75) is 25.5 Å². The van der Waals surface area contributed by atoms with E-state index in [0.717, 1.165) is 12.8 Å². The number of fused-ring (bicyclic) bond motifs is 1. The van der Waals surface area contributed by atoms with Crippen molar-refractivity contribution in [2.75, 3.05) is 13.2 Å². The van der Waals surface area contributed by atoms with E-state index in [1.54, 1.807) is 36.4 Å². The molecule has 0 bridgehead atoms. The zero-order valence-corrected chi connectivity index (χ0v) is 15.3. The van der Waals surface area contributed by atoms with Gasteiger partial charge in [-0.05, 0) is 42.7 Å². The quantitative estimate of drug-likeness (QED) is 0.632. The fraction of sp³-hybridized carbons (Fsp3) is 0.273. The molecule has 2 heterocycles. The first-order chi connectivity index (χ1) is 13.6. The summed E-state index contributed by atoms with van der Waals surface area (Å²) in [5.74, 6) is -0.813. The van der Waals surface area contributed by atoms with Gasteiger partial charge in [0, 0.05) is 25.1 Å². The Morgan fingerprint density at radius 2 is 2.00 bits per heavy atom. The van der Waals surface area contributed by atoms with Crippen LogP contribution in [0.2, 0.25) is 0 Å². The lowest BCUT2D eigenvalue weighted by molar-refractivity contribution is 0.0504. The standard InChI is InChI=1S/C22H20FNO4/c23-17-7-3-5-15(11-17)13-24(14-18-8-4-10-27-18)21(25)19-12-16-6-1-2-9-20(16)28-22(19)26/h1-3,5-7,9,11-12,18H,4,8,10,13-14H2. The molecule has 28 heavy (non-hydrogen) atoms. The number of benzene rings is 2. The van der Waals surface area contributed by atoms with Crippen molar-refractivity contribution in [1.82, 2.24) is 4.90 Å². The number of amides is 1. The molecule has 1 fully saturated rings. The molecule has 3 aromatic rings. The van der Waals surface area contributed by atoms with Gasteiger partial charge < -0.3 is 14.1 Å². The molecule has 0 spiro atoms. The van der Waals surface area contributed by atoms with Gasteiger partial charge in [-0.15, -0.1) is 0 Å². The van der Waals surface area contributed by atoms with Crippen molar-refractivity contribution in [3.8, 4) is 0 Å². The van der Waals surface area contributed by atoms with Crippen LogP contribution in [0.3, 0.4) is 0 Å². The Morgan fingerprint density at radius 1 is 1.14 bits per heavy atom. The molecule has 1 saturated heterocycles. The van der Waals surface area contributed by atoms with Gasteiger partial charge in [-0.2, -0.15) is 0 Å². The number of carbonyl (C=O) groups is 1. The number of hydrogen-bond acceptors (Lipinski definition) is 4. The Balaban J connectivity index is 1.67. The Morgan fingerprint density at radius 3 is 2.79 bits per heavy atom. The van der Waals surface area contributed by atoms with Gasteiger partial charge in [0.05, 0.1) is 6.10 Å². The summed E-state index contributed by atoms with van der Waals surface area (Å²) >= 11 is 0. The summed E-state index contributed by atoms with van der Waals surface area (Å²) in [5, 5.41) is 0.674. The summed E-state index contributed by atoms with van der Waals surface area (Å²) in [7, 11) is 0. The van der Waals surface area contributed by atoms with E-state index in [1.807, 2.05) is 6.07 Å². The molecule has 0 aliphatic carbocycles. The Kier molecular flexibility index (Phi) is 5.21. The van der Waals surface area contributed by atoms with Crippen LogP contribution in [0.1, 0.15) is 28.8 Å². The molecule has 1 aromatic heterocycles. The normalized spacial score (nSPS) is 16.4. The highest BCUT2D eigenvalue weighted by Crippen LogP contribution is 2.19. The Hall–Kier alpha value is -2.99. The van der Waals surface area contributed by atoms with E-state index in [1.165, 1.54) is 17.0 Å². The van der Waals surface area contributed by atoms with Gasteiger partial charge >= 0.3 is 5.63 Å². The SMILES string of the molecule is O=C(c1cc2ccccc2oc1=O)N(Cc1cccc(F)c1)CC1CCCO1. The van der Waals surface area contributed by atoms with Gasteiger partial charge in [-0.25, -0.2) is 9.18 Å². The zero-order valence-electron chi connectivity index (χ0n) is 15.3. The molecule has 1 unspecified atom stereocenters. The molecule has 5 nitrogen and oxygen atoms in total. The molecule has 2 aromatic carbocycles. The van der Waals surface area contributed by atoms with E-state index in [2.05, 4.69) is 0 Å². The van der Waals surface area contributed by atoms with Gasteiger partial charge in [0.1, 0.15) is 17.0 Å². The third kappa shape index (κ3) is 3.97. The summed E-state index contributed by atoms with van der Waals surface area (Å²) in [4.78, 5) is 27.2. The van der Waals surface area contributed by atoms with Crippen molar-refractivity contribution in [3.63, 3.8) is 0 Å². The zero-order chi connectivity index (χ0) is 19.5. The lowest BCUT2D eigenvalue weighted by atomic mass is 10.1. The Bertz CT molecular complexity index is 1060. The number of para-hydroxylation sites is 1. The van der Waals surface area contributed by atoms with Crippen LogP contribution in [0.4, 0.5) is 4.39 Å². The van der Waals surface area contributed by atoms with E-state index in [4.69, 9.17) is 9.15 Å². The summed E-state index contributed by atoms with van der Waals surface area (Å²) in [5.41, 5.74) is 0.366. The Labute approximate surface area is 161 Å². The van der Waals surface area contributed by atoms with E-state index in [-0.39, 0.29) is 24.0 Å². The molecule has 4 rings (SSSR count). The number of ether oxygens (including phenoxy) is 1. The molecule has 1 aliphatic rings. The highest BCUT2D eigenvalue weighted by atomic mass is 19.1. The molecular weight excluding hydrogens is 361 g/mol. The average Bonchev–Trinajstić information content (AvgIpc) is 3.19. The third-order valence-corrected chi connectivity index (χ3v) is 4.87. The van der Waals surface area contributed by atoms with Crippen molar-refractivity contribution in [1.29, 1.82) is 0 Å². The smallest absolute Gasteiger partial charge is 0.349 e. The van der Waals surface area contributed by atoms with Crippen LogP contribution >= 0.6 is 0 Å². The summed E-state index contributed by atoms with van der Waals surface area (Å²) < 4.78 is 24.6. The van der Waals surface area contributed by atoms with Crippen LogP contribution in [0, 0.1) is 5.82 Å². The van der Waals surface area contributed by atoms with E-state index >= 15 is 0 Å². The van der Waals surface area contributed by atoms with Crippen molar-refractivity contribution < 1.29 is 18.3 Å². The molecule has 0 N–H and O–H groups in total. The lowest BCUT2D eigenvalue weighted by Gasteiger charge is -2.25. The number of nitrogens with zero attached hydrogens (tertiary/aromatic N) is 1. The van der Waals surface area contributed by atoms with Crippen LogP contribution in [-0.4, -0.2) is 30.1 Å². The van der Waals surface area contributed by atoms with Crippen molar-refractivity contribution in [2.24, 2.45) is 0 Å². The summed E-state index contributed by atoms with van der Waals surface area (Å²) in [6.45, 7) is 1.18. The fourth-order valence-electron chi connectivity index (χ4n) is 3.49. The maximum atomic E-state index is 13.6.